The molecule has 0 aromatic heterocycles. The van der Waals surface area contributed by atoms with Crippen molar-refractivity contribution in [1.82, 2.24) is 10.2 Å². The van der Waals surface area contributed by atoms with Crippen LogP contribution in [-0.4, -0.2) is 41.1 Å². The highest BCUT2D eigenvalue weighted by atomic mass is 16.4. The van der Waals surface area contributed by atoms with Crippen molar-refractivity contribution in [3.63, 3.8) is 0 Å². The van der Waals surface area contributed by atoms with Crippen LogP contribution in [0.5, 0.6) is 0 Å². The van der Waals surface area contributed by atoms with Gasteiger partial charge < -0.3 is 15.3 Å². The molecule has 2 fully saturated rings. The van der Waals surface area contributed by atoms with Crippen LogP contribution >= 0.6 is 0 Å². The van der Waals surface area contributed by atoms with Crippen molar-refractivity contribution < 1.29 is 14.7 Å². The van der Waals surface area contributed by atoms with Gasteiger partial charge in [0.2, 0.25) is 0 Å². The molecule has 1 saturated carbocycles. The largest absolute Gasteiger partial charge is 0.480 e. The molecule has 0 aromatic carbocycles. The Kier molecular flexibility index (Phi) is 4.02. The molecule has 2 aliphatic rings. The van der Waals surface area contributed by atoms with Crippen LogP contribution in [0.15, 0.2) is 0 Å². The smallest absolute Gasteiger partial charge is 0.326 e. The van der Waals surface area contributed by atoms with Gasteiger partial charge in [-0.2, -0.15) is 0 Å². The number of carboxylic acids is 1. The van der Waals surface area contributed by atoms with Crippen LogP contribution in [0.2, 0.25) is 0 Å². The molecule has 5 nitrogen and oxygen atoms in total. The summed E-state index contributed by atoms with van der Waals surface area (Å²) in [5.41, 5.74) is 0.232. The van der Waals surface area contributed by atoms with Crippen molar-refractivity contribution in [2.45, 2.75) is 52.0 Å². The number of hydrogen-bond acceptors (Lipinski definition) is 2. The predicted octanol–water partition coefficient (Wildman–Crippen LogP) is 2.07. The number of nitrogens with one attached hydrogen (secondary N) is 1. The van der Waals surface area contributed by atoms with E-state index >= 15 is 0 Å². The summed E-state index contributed by atoms with van der Waals surface area (Å²) in [6.07, 6.45) is 4.97. The molecular formula is C14H24N2O3. The van der Waals surface area contributed by atoms with Crippen molar-refractivity contribution in [2.24, 2.45) is 11.3 Å². The monoisotopic (exact) mass is 268 g/mol. The summed E-state index contributed by atoms with van der Waals surface area (Å²) in [5.74, 6) is -0.779. The van der Waals surface area contributed by atoms with E-state index in [1.165, 1.54) is 0 Å². The maximum atomic E-state index is 12.2. The summed E-state index contributed by atoms with van der Waals surface area (Å²) in [4.78, 5) is 25.1. The van der Waals surface area contributed by atoms with Gasteiger partial charge in [0.15, 0.2) is 0 Å². The molecular weight excluding hydrogens is 244 g/mol. The van der Waals surface area contributed by atoms with Gasteiger partial charge in [0.05, 0.1) is 0 Å². The number of rotatable bonds is 5. The maximum absolute atomic E-state index is 12.2. The van der Waals surface area contributed by atoms with E-state index in [1.54, 1.807) is 4.90 Å². The van der Waals surface area contributed by atoms with Crippen LogP contribution in [-0.2, 0) is 4.79 Å². The molecule has 1 saturated heterocycles. The Morgan fingerprint density at radius 2 is 2.00 bits per heavy atom. The second-order valence-corrected chi connectivity index (χ2v) is 5.98. The third-order valence-electron chi connectivity index (χ3n) is 4.86. The Morgan fingerprint density at radius 3 is 2.42 bits per heavy atom. The van der Waals surface area contributed by atoms with Gasteiger partial charge in [-0.3, -0.25) is 0 Å². The third-order valence-corrected chi connectivity index (χ3v) is 4.86. The normalized spacial score (nSPS) is 23.2. The highest BCUT2D eigenvalue weighted by Gasteiger charge is 2.41. The Labute approximate surface area is 114 Å². The lowest BCUT2D eigenvalue weighted by Crippen LogP contribution is -2.48. The minimum Gasteiger partial charge on any atom is -0.480 e. The molecule has 2 N–H and O–H groups in total. The van der Waals surface area contributed by atoms with Crippen molar-refractivity contribution >= 4 is 12.0 Å². The highest BCUT2D eigenvalue weighted by Crippen LogP contribution is 2.37. The third kappa shape index (κ3) is 3.01. The molecule has 0 bridgehead atoms. The summed E-state index contributed by atoms with van der Waals surface area (Å²) in [6.45, 7) is 5.82. The van der Waals surface area contributed by atoms with Crippen molar-refractivity contribution in [3.05, 3.63) is 0 Å². The molecule has 1 atom stereocenters. The Hall–Kier alpha value is -1.26. The number of carbonyl (C=O) groups is 2. The number of urea groups is 1. The topological polar surface area (TPSA) is 69.6 Å². The molecule has 0 aromatic rings. The Morgan fingerprint density at radius 1 is 1.37 bits per heavy atom. The zero-order chi connectivity index (χ0) is 14.0. The lowest BCUT2D eigenvalue weighted by molar-refractivity contribution is -0.139. The van der Waals surface area contributed by atoms with Crippen molar-refractivity contribution in [3.8, 4) is 0 Å². The van der Waals surface area contributed by atoms with Gasteiger partial charge in [0.25, 0.3) is 0 Å². The molecule has 1 aliphatic heterocycles. The predicted molar refractivity (Wildman–Crippen MR) is 71.9 cm³/mol. The molecule has 0 spiro atoms. The SMILES string of the molecule is CCC1(CC)CCN(C(=O)NC(C(=O)O)C2CC2)C1. The molecule has 0 radical (unpaired) electrons. The van der Waals surface area contributed by atoms with E-state index in [0.717, 1.165) is 45.2 Å². The van der Waals surface area contributed by atoms with Crippen LogP contribution in [0, 0.1) is 11.3 Å². The Balaban J connectivity index is 1.92. The summed E-state index contributed by atoms with van der Waals surface area (Å²) < 4.78 is 0. The van der Waals surface area contributed by atoms with Crippen LogP contribution in [0.4, 0.5) is 4.79 Å². The van der Waals surface area contributed by atoms with E-state index < -0.39 is 12.0 Å². The number of aliphatic carboxylic acids is 1. The molecule has 1 unspecified atom stereocenters. The lowest BCUT2D eigenvalue weighted by Gasteiger charge is -2.27. The summed E-state index contributed by atoms with van der Waals surface area (Å²) in [6, 6.07) is -0.908. The maximum Gasteiger partial charge on any atom is 0.326 e. The first-order valence-electron chi connectivity index (χ1n) is 7.29. The van der Waals surface area contributed by atoms with Gasteiger partial charge >= 0.3 is 12.0 Å². The molecule has 108 valence electrons. The average Bonchev–Trinajstić information content (AvgIpc) is 3.14. The molecule has 5 heteroatoms. The number of hydrogen-bond donors (Lipinski definition) is 2. The van der Waals surface area contributed by atoms with E-state index in [0.29, 0.717) is 0 Å². The molecule has 19 heavy (non-hydrogen) atoms. The first-order chi connectivity index (χ1) is 9.01. The number of carboxylic acid groups (broad SMARTS) is 1. The van der Waals surface area contributed by atoms with E-state index in [2.05, 4.69) is 19.2 Å². The van der Waals surface area contributed by atoms with Crippen molar-refractivity contribution in [2.75, 3.05) is 13.1 Å². The fourth-order valence-electron chi connectivity index (χ4n) is 2.97. The highest BCUT2D eigenvalue weighted by molar-refractivity contribution is 5.83. The van der Waals surface area contributed by atoms with Crippen LogP contribution in [0.3, 0.4) is 0 Å². The van der Waals surface area contributed by atoms with Gasteiger partial charge in [0, 0.05) is 13.1 Å². The van der Waals surface area contributed by atoms with E-state index in [-0.39, 0.29) is 17.4 Å². The second-order valence-electron chi connectivity index (χ2n) is 5.98. The Bertz CT molecular complexity index is 362. The first kappa shape index (κ1) is 14.2. The average molecular weight is 268 g/mol. The summed E-state index contributed by atoms with van der Waals surface area (Å²) in [7, 11) is 0. The van der Waals surface area contributed by atoms with E-state index in [1.807, 2.05) is 0 Å². The van der Waals surface area contributed by atoms with E-state index in [9.17, 15) is 9.59 Å². The van der Waals surface area contributed by atoms with Crippen molar-refractivity contribution in [1.29, 1.82) is 0 Å². The second kappa shape index (κ2) is 5.39. The van der Waals surface area contributed by atoms with Crippen LogP contribution < -0.4 is 5.32 Å². The summed E-state index contributed by atoms with van der Waals surface area (Å²) >= 11 is 0. The molecule has 1 aliphatic carbocycles. The number of nitrogens with zero attached hydrogens (tertiary/aromatic N) is 1. The van der Waals surface area contributed by atoms with Crippen LogP contribution in [0.25, 0.3) is 0 Å². The first-order valence-corrected chi connectivity index (χ1v) is 7.29. The minimum atomic E-state index is -0.910. The molecule has 2 amide bonds. The molecule has 1 heterocycles. The summed E-state index contributed by atoms with van der Waals surface area (Å²) in [5, 5.41) is 11.8. The van der Waals surface area contributed by atoms with Gasteiger partial charge in [0.1, 0.15) is 6.04 Å². The molecule has 2 rings (SSSR count). The quantitative estimate of drug-likeness (QED) is 0.802. The fourth-order valence-corrected chi connectivity index (χ4v) is 2.97. The van der Waals surface area contributed by atoms with Gasteiger partial charge in [-0.05, 0) is 43.4 Å². The minimum absolute atomic E-state index is 0.131. The van der Waals surface area contributed by atoms with Gasteiger partial charge in [-0.25, -0.2) is 9.59 Å². The van der Waals surface area contributed by atoms with Gasteiger partial charge in [-0.1, -0.05) is 13.8 Å². The zero-order valence-electron chi connectivity index (χ0n) is 11.8. The number of carbonyl (C=O) groups excluding carboxylic acids is 1. The zero-order valence-corrected chi connectivity index (χ0v) is 11.8. The standard InChI is InChI=1S/C14H24N2O3/c1-3-14(4-2)7-8-16(9-14)13(19)15-11(12(17)18)10-5-6-10/h10-11H,3-9H2,1-2H3,(H,15,19)(H,17,18). The lowest BCUT2D eigenvalue weighted by atomic mass is 9.82. The van der Waals surface area contributed by atoms with E-state index in [4.69, 9.17) is 5.11 Å². The van der Waals surface area contributed by atoms with Gasteiger partial charge in [-0.15, -0.1) is 0 Å². The fraction of sp³-hybridized carbons (Fsp3) is 0.857. The van der Waals surface area contributed by atoms with Crippen LogP contribution in [0.1, 0.15) is 46.0 Å². The number of likely N-dealkylation sites (tertiary alicyclic amines) is 1. The number of amides is 2.